The Kier molecular flexibility index (Phi) is 8.92. The highest BCUT2D eigenvalue weighted by Crippen LogP contribution is 2.24. The third kappa shape index (κ3) is 5.64. The molecule has 130 valence electrons. The van der Waals surface area contributed by atoms with Gasteiger partial charge in [-0.2, -0.15) is 0 Å². The fraction of sp³-hybridized carbons (Fsp3) is 0.588. The standard InChI is InChI=1S/C17H24N2O2.2ClH/c20-16(3-1-13-5-7-18-8-6-13)14-2-4-17-15(11-14)12-19-9-10-21-17;;/h2,4,11,13,18-19H,1,3,5-10,12H2;2*1H. The summed E-state index contributed by atoms with van der Waals surface area (Å²) >= 11 is 0. The van der Waals surface area contributed by atoms with E-state index in [0.29, 0.717) is 18.9 Å². The Hall–Kier alpha value is -0.810. The van der Waals surface area contributed by atoms with Crippen LogP contribution in [0.4, 0.5) is 0 Å². The molecule has 1 aromatic carbocycles. The number of benzene rings is 1. The Morgan fingerprint density at radius 3 is 2.70 bits per heavy atom. The van der Waals surface area contributed by atoms with Gasteiger partial charge in [0.05, 0.1) is 0 Å². The van der Waals surface area contributed by atoms with E-state index in [1.54, 1.807) is 0 Å². The molecular formula is C17H26Cl2N2O2. The van der Waals surface area contributed by atoms with Gasteiger partial charge in [0.25, 0.3) is 0 Å². The lowest BCUT2D eigenvalue weighted by Gasteiger charge is -2.22. The van der Waals surface area contributed by atoms with Gasteiger partial charge in [0.15, 0.2) is 5.78 Å². The van der Waals surface area contributed by atoms with E-state index in [2.05, 4.69) is 10.6 Å². The topological polar surface area (TPSA) is 50.4 Å². The van der Waals surface area contributed by atoms with Gasteiger partial charge in [-0.3, -0.25) is 4.79 Å². The summed E-state index contributed by atoms with van der Waals surface area (Å²) in [5.41, 5.74) is 1.93. The van der Waals surface area contributed by atoms with E-state index in [9.17, 15) is 4.79 Å². The molecule has 0 unspecified atom stereocenters. The smallest absolute Gasteiger partial charge is 0.162 e. The summed E-state index contributed by atoms with van der Waals surface area (Å²) in [6.07, 6.45) is 4.09. The normalized spacial score (nSPS) is 17.7. The van der Waals surface area contributed by atoms with Gasteiger partial charge in [-0.25, -0.2) is 0 Å². The van der Waals surface area contributed by atoms with E-state index in [1.807, 2.05) is 18.2 Å². The molecule has 3 rings (SSSR count). The summed E-state index contributed by atoms with van der Waals surface area (Å²) in [7, 11) is 0. The molecule has 0 saturated carbocycles. The van der Waals surface area contributed by atoms with Crippen molar-refractivity contribution in [3.63, 3.8) is 0 Å². The predicted octanol–water partition coefficient (Wildman–Crippen LogP) is 2.97. The van der Waals surface area contributed by atoms with Crippen LogP contribution in [0.1, 0.15) is 41.6 Å². The van der Waals surface area contributed by atoms with Gasteiger partial charge in [-0.05, 0) is 56.5 Å². The van der Waals surface area contributed by atoms with Crippen molar-refractivity contribution in [3.05, 3.63) is 29.3 Å². The van der Waals surface area contributed by atoms with Gasteiger partial charge in [-0.15, -0.1) is 24.8 Å². The lowest BCUT2D eigenvalue weighted by Crippen LogP contribution is -2.28. The Bertz CT molecular complexity index is 505. The van der Waals surface area contributed by atoms with E-state index in [4.69, 9.17) is 4.74 Å². The average molecular weight is 361 g/mol. The first kappa shape index (κ1) is 20.2. The number of ether oxygens (including phenoxy) is 1. The van der Waals surface area contributed by atoms with E-state index < -0.39 is 0 Å². The van der Waals surface area contributed by atoms with Crippen molar-refractivity contribution < 1.29 is 9.53 Å². The highest BCUT2D eigenvalue weighted by molar-refractivity contribution is 5.96. The van der Waals surface area contributed by atoms with Gasteiger partial charge in [0.2, 0.25) is 0 Å². The summed E-state index contributed by atoms with van der Waals surface area (Å²) in [5, 5.41) is 6.68. The van der Waals surface area contributed by atoms with E-state index in [-0.39, 0.29) is 30.6 Å². The predicted molar refractivity (Wildman–Crippen MR) is 97.3 cm³/mol. The molecule has 2 aliphatic heterocycles. The molecule has 0 amide bonds. The minimum absolute atomic E-state index is 0. The first-order valence-electron chi connectivity index (χ1n) is 8.03. The highest BCUT2D eigenvalue weighted by Gasteiger charge is 2.16. The maximum atomic E-state index is 12.4. The number of carbonyl (C=O) groups excluding carboxylic acids is 1. The molecule has 1 fully saturated rings. The van der Waals surface area contributed by atoms with Gasteiger partial charge in [-0.1, -0.05) is 0 Å². The molecule has 0 aliphatic carbocycles. The number of ketones is 1. The molecule has 2 aliphatic rings. The van der Waals surface area contributed by atoms with Crippen molar-refractivity contribution in [1.29, 1.82) is 0 Å². The lowest BCUT2D eigenvalue weighted by atomic mass is 9.91. The Labute approximate surface area is 150 Å². The van der Waals surface area contributed by atoms with Crippen LogP contribution in [0, 0.1) is 5.92 Å². The first-order chi connectivity index (χ1) is 10.3. The zero-order valence-electron chi connectivity index (χ0n) is 13.3. The molecule has 0 bridgehead atoms. The van der Waals surface area contributed by atoms with Gasteiger partial charge < -0.3 is 15.4 Å². The summed E-state index contributed by atoms with van der Waals surface area (Å²) in [4.78, 5) is 12.4. The number of nitrogens with one attached hydrogen (secondary N) is 2. The summed E-state index contributed by atoms with van der Waals surface area (Å²) < 4.78 is 5.66. The molecule has 6 heteroatoms. The van der Waals surface area contributed by atoms with Crippen molar-refractivity contribution in [1.82, 2.24) is 10.6 Å². The molecule has 23 heavy (non-hydrogen) atoms. The highest BCUT2D eigenvalue weighted by atomic mass is 35.5. The van der Waals surface area contributed by atoms with Crippen molar-refractivity contribution in [2.24, 2.45) is 5.92 Å². The van der Waals surface area contributed by atoms with Crippen LogP contribution in [0.15, 0.2) is 18.2 Å². The summed E-state index contributed by atoms with van der Waals surface area (Å²) in [6, 6.07) is 5.85. The molecule has 0 radical (unpaired) electrons. The van der Waals surface area contributed by atoms with Gasteiger partial charge in [0, 0.05) is 30.6 Å². The van der Waals surface area contributed by atoms with Crippen LogP contribution in [0.25, 0.3) is 0 Å². The van der Waals surface area contributed by atoms with Crippen LogP contribution >= 0.6 is 24.8 Å². The van der Waals surface area contributed by atoms with E-state index in [1.165, 1.54) is 12.8 Å². The second-order valence-electron chi connectivity index (χ2n) is 6.00. The average Bonchev–Trinajstić information content (AvgIpc) is 2.78. The second-order valence-corrected chi connectivity index (χ2v) is 6.00. The van der Waals surface area contributed by atoms with Crippen molar-refractivity contribution >= 4 is 30.6 Å². The minimum atomic E-state index is 0. The Morgan fingerprint density at radius 1 is 1.13 bits per heavy atom. The van der Waals surface area contributed by atoms with Crippen LogP contribution in [0.5, 0.6) is 5.75 Å². The first-order valence-corrected chi connectivity index (χ1v) is 8.03. The minimum Gasteiger partial charge on any atom is -0.492 e. The number of piperidine rings is 1. The SMILES string of the molecule is Cl.Cl.O=C(CCC1CCNCC1)c1ccc2c(c1)CNCCO2. The Morgan fingerprint density at radius 2 is 1.91 bits per heavy atom. The van der Waals surface area contributed by atoms with Crippen LogP contribution in [-0.2, 0) is 6.54 Å². The monoisotopic (exact) mass is 360 g/mol. The third-order valence-corrected chi connectivity index (χ3v) is 4.47. The molecule has 0 aromatic heterocycles. The summed E-state index contributed by atoms with van der Waals surface area (Å²) in [5.74, 6) is 1.89. The molecule has 2 N–H and O–H groups in total. The fourth-order valence-corrected chi connectivity index (χ4v) is 3.14. The second kappa shape index (κ2) is 10.1. The number of hydrogen-bond donors (Lipinski definition) is 2. The van der Waals surface area contributed by atoms with Gasteiger partial charge in [0.1, 0.15) is 12.4 Å². The molecule has 2 heterocycles. The quantitative estimate of drug-likeness (QED) is 0.810. The Balaban J connectivity index is 0.00000132. The number of carbonyl (C=O) groups is 1. The third-order valence-electron chi connectivity index (χ3n) is 4.47. The fourth-order valence-electron chi connectivity index (χ4n) is 3.14. The number of fused-ring (bicyclic) bond motifs is 1. The van der Waals surface area contributed by atoms with Crippen LogP contribution in [0.3, 0.4) is 0 Å². The number of halogens is 2. The maximum Gasteiger partial charge on any atom is 0.162 e. The van der Waals surface area contributed by atoms with E-state index in [0.717, 1.165) is 49.5 Å². The maximum absolute atomic E-state index is 12.4. The van der Waals surface area contributed by atoms with Crippen LogP contribution in [0.2, 0.25) is 0 Å². The van der Waals surface area contributed by atoms with Gasteiger partial charge >= 0.3 is 0 Å². The molecule has 0 atom stereocenters. The van der Waals surface area contributed by atoms with Crippen molar-refractivity contribution in [2.75, 3.05) is 26.2 Å². The number of rotatable bonds is 4. The van der Waals surface area contributed by atoms with Crippen molar-refractivity contribution in [3.8, 4) is 5.75 Å². The zero-order valence-corrected chi connectivity index (χ0v) is 14.9. The van der Waals surface area contributed by atoms with Crippen molar-refractivity contribution in [2.45, 2.75) is 32.2 Å². The number of hydrogen-bond acceptors (Lipinski definition) is 4. The van der Waals surface area contributed by atoms with Crippen LogP contribution in [-0.4, -0.2) is 32.0 Å². The number of Topliss-reactive ketones (excluding diaryl/α,β-unsaturated/α-hetero) is 1. The zero-order chi connectivity index (χ0) is 14.5. The molecule has 4 nitrogen and oxygen atoms in total. The molecule has 1 saturated heterocycles. The summed E-state index contributed by atoms with van der Waals surface area (Å²) in [6.45, 7) is 4.52. The lowest BCUT2D eigenvalue weighted by molar-refractivity contribution is 0.0970. The van der Waals surface area contributed by atoms with E-state index >= 15 is 0 Å². The van der Waals surface area contributed by atoms with Crippen LogP contribution < -0.4 is 15.4 Å². The molecule has 1 aromatic rings. The largest absolute Gasteiger partial charge is 0.492 e. The molecular weight excluding hydrogens is 335 g/mol. The molecule has 0 spiro atoms.